The standard InChI is InChI=1S/C26H38N6O13/c1-12(27)21(39)28-13(6-7-18(33)34)24(42)31-8-2-4-16(31)23(41)29-14(10-19(35)36)22(40)30-15(11-20(37)38)25(43)32-9-3-5-17(32)26(44)45/h12-17H,2-11,27H2,1H3,(H,28,39)(H,29,41)(H,30,40)(H,33,34)(H,35,36)(H,37,38)(H,44,45)/t12-,13-,14-,15-,16-,17-/m0/s1. The SMILES string of the molecule is C[C@H](N)C(=O)N[C@@H](CCC(=O)O)C(=O)N1CCC[C@H]1C(=O)N[C@@H](CC(=O)O)C(=O)N[C@@H](CC(=O)O)C(=O)N1CCC[C@H]1C(=O)O. The van der Waals surface area contributed by atoms with Crippen molar-refractivity contribution in [2.45, 2.75) is 94.5 Å². The number of hydrogen-bond donors (Lipinski definition) is 8. The van der Waals surface area contributed by atoms with Gasteiger partial charge in [0.05, 0.1) is 18.9 Å². The summed E-state index contributed by atoms with van der Waals surface area (Å²) in [5.41, 5.74) is 5.54. The van der Waals surface area contributed by atoms with Crippen LogP contribution in [0.4, 0.5) is 0 Å². The molecule has 2 aliphatic heterocycles. The minimum absolute atomic E-state index is 0.0132. The first-order valence-electron chi connectivity index (χ1n) is 14.2. The number of carboxylic acid groups (broad SMARTS) is 4. The number of rotatable bonds is 16. The lowest BCUT2D eigenvalue weighted by atomic mass is 10.1. The molecular weight excluding hydrogens is 604 g/mol. The number of nitrogens with zero attached hydrogens (tertiary/aromatic N) is 2. The fourth-order valence-electron chi connectivity index (χ4n) is 5.12. The summed E-state index contributed by atoms with van der Waals surface area (Å²) in [6, 6.07) is -8.51. The zero-order valence-electron chi connectivity index (χ0n) is 24.5. The van der Waals surface area contributed by atoms with E-state index < -0.39 is 109 Å². The Hall–Kier alpha value is -4.81. The number of nitrogens with one attached hydrogen (secondary N) is 3. The number of carbonyl (C=O) groups excluding carboxylic acids is 5. The summed E-state index contributed by atoms with van der Waals surface area (Å²) >= 11 is 0. The average Bonchev–Trinajstić information content (AvgIpc) is 3.63. The molecule has 9 N–H and O–H groups in total. The van der Waals surface area contributed by atoms with E-state index in [4.69, 9.17) is 10.8 Å². The van der Waals surface area contributed by atoms with Crippen molar-refractivity contribution >= 4 is 53.4 Å². The van der Waals surface area contributed by atoms with Crippen LogP contribution in [0.3, 0.4) is 0 Å². The zero-order valence-corrected chi connectivity index (χ0v) is 24.5. The molecule has 0 saturated carbocycles. The number of carbonyl (C=O) groups is 9. The first-order chi connectivity index (χ1) is 21.0. The molecule has 0 aliphatic carbocycles. The van der Waals surface area contributed by atoms with Crippen molar-refractivity contribution < 1.29 is 63.6 Å². The lowest BCUT2D eigenvalue weighted by Gasteiger charge is -2.30. The molecule has 0 spiro atoms. The quantitative estimate of drug-likeness (QED) is 0.0817. The van der Waals surface area contributed by atoms with Gasteiger partial charge in [-0.25, -0.2) is 4.79 Å². The highest BCUT2D eigenvalue weighted by Crippen LogP contribution is 2.21. The largest absolute Gasteiger partial charge is 0.481 e. The van der Waals surface area contributed by atoms with Gasteiger partial charge in [0.1, 0.15) is 30.2 Å². The second-order valence-corrected chi connectivity index (χ2v) is 10.8. The van der Waals surface area contributed by atoms with E-state index in [0.717, 1.165) is 9.80 Å². The Morgan fingerprint density at radius 3 is 1.69 bits per heavy atom. The molecule has 5 amide bonds. The van der Waals surface area contributed by atoms with Gasteiger partial charge in [-0.05, 0) is 39.0 Å². The summed E-state index contributed by atoms with van der Waals surface area (Å²) < 4.78 is 0. The van der Waals surface area contributed by atoms with Gasteiger partial charge < -0.3 is 51.9 Å². The number of carboxylic acids is 4. The molecular formula is C26H38N6O13. The molecule has 2 fully saturated rings. The van der Waals surface area contributed by atoms with E-state index in [0.29, 0.717) is 12.8 Å². The second kappa shape index (κ2) is 16.3. The molecule has 19 heteroatoms. The molecule has 0 bridgehead atoms. The Bertz CT molecular complexity index is 1210. The number of nitrogens with two attached hydrogens (primary N) is 1. The van der Waals surface area contributed by atoms with E-state index in [-0.39, 0.29) is 32.4 Å². The van der Waals surface area contributed by atoms with E-state index >= 15 is 0 Å². The molecule has 0 aromatic rings. The predicted octanol–water partition coefficient (Wildman–Crippen LogP) is -3.33. The topological polar surface area (TPSA) is 303 Å². The van der Waals surface area contributed by atoms with Gasteiger partial charge in [0.2, 0.25) is 29.5 Å². The highest BCUT2D eigenvalue weighted by Gasteiger charge is 2.41. The van der Waals surface area contributed by atoms with Crippen molar-refractivity contribution in [2.24, 2.45) is 5.73 Å². The fraction of sp³-hybridized carbons (Fsp3) is 0.654. The molecule has 45 heavy (non-hydrogen) atoms. The molecule has 0 unspecified atom stereocenters. The average molecular weight is 643 g/mol. The van der Waals surface area contributed by atoms with Crippen LogP contribution in [-0.4, -0.2) is 133 Å². The van der Waals surface area contributed by atoms with Crippen LogP contribution in [0.1, 0.15) is 58.3 Å². The van der Waals surface area contributed by atoms with Gasteiger partial charge in [-0.2, -0.15) is 0 Å². The van der Waals surface area contributed by atoms with Gasteiger partial charge >= 0.3 is 23.9 Å². The summed E-state index contributed by atoms with van der Waals surface area (Å²) in [5, 5.41) is 43.9. The number of hydrogen-bond acceptors (Lipinski definition) is 10. The molecule has 6 atom stereocenters. The summed E-state index contributed by atoms with van der Waals surface area (Å²) in [5.74, 6) is -10.4. The van der Waals surface area contributed by atoms with E-state index in [2.05, 4.69) is 16.0 Å². The molecule has 250 valence electrons. The van der Waals surface area contributed by atoms with Crippen LogP contribution in [0, 0.1) is 0 Å². The molecule has 19 nitrogen and oxygen atoms in total. The Balaban J connectivity index is 2.24. The third-order valence-corrected chi connectivity index (χ3v) is 7.34. The van der Waals surface area contributed by atoms with Gasteiger partial charge in [0.25, 0.3) is 0 Å². The van der Waals surface area contributed by atoms with E-state index in [9.17, 15) is 58.5 Å². The van der Waals surface area contributed by atoms with Gasteiger partial charge in [-0.15, -0.1) is 0 Å². The van der Waals surface area contributed by atoms with Crippen molar-refractivity contribution in [1.82, 2.24) is 25.8 Å². The molecule has 0 aromatic heterocycles. The summed E-state index contributed by atoms with van der Waals surface area (Å²) in [7, 11) is 0. The highest BCUT2D eigenvalue weighted by molar-refractivity contribution is 5.98. The van der Waals surface area contributed by atoms with Crippen LogP contribution in [0.15, 0.2) is 0 Å². The minimum atomic E-state index is -1.84. The van der Waals surface area contributed by atoms with Crippen LogP contribution in [0.2, 0.25) is 0 Å². The van der Waals surface area contributed by atoms with Crippen molar-refractivity contribution in [2.75, 3.05) is 13.1 Å². The van der Waals surface area contributed by atoms with Crippen molar-refractivity contribution in [1.29, 1.82) is 0 Å². The van der Waals surface area contributed by atoms with Crippen molar-refractivity contribution in [3.8, 4) is 0 Å². The maximum Gasteiger partial charge on any atom is 0.326 e. The van der Waals surface area contributed by atoms with Crippen molar-refractivity contribution in [3.63, 3.8) is 0 Å². The van der Waals surface area contributed by atoms with Crippen LogP contribution < -0.4 is 21.7 Å². The Labute approximate surface area is 256 Å². The molecule has 0 radical (unpaired) electrons. The van der Waals surface area contributed by atoms with Gasteiger partial charge in [0.15, 0.2) is 0 Å². The van der Waals surface area contributed by atoms with E-state index in [1.807, 2.05) is 0 Å². The molecule has 2 rings (SSSR count). The van der Waals surface area contributed by atoms with Gasteiger partial charge in [-0.1, -0.05) is 0 Å². The smallest absolute Gasteiger partial charge is 0.326 e. The van der Waals surface area contributed by atoms with Crippen LogP contribution >= 0.6 is 0 Å². The first-order valence-corrected chi connectivity index (χ1v) is 14.2. The predicted molar refractivity (Wildman–Crippen MR) is 148 cm³/mol. The summed E-state index contributed by atoms with van der Waals surface area (Å²) in [6.07, 6.45) is -2.00. The van der Waals surface area contributed by atoms with Gasteiger partial charge in [-0.3, -0.25) is 38.4 Å². The van der Waals surface area contributed by atoms with E-state index in [1.54, 1.807) is 0 Å². The third kappa shape index (κ3) is 10.4. The fourth-order valence-corrected chi connectivity index (χ4v) is 5.12. The normalized spacial score (nSPS) is 20.3. The monoisotopic (exact) mass is 642 g/mol. The molecule has 0 aromatic carbocycles. The number of likely N-dealkylation sites (tertiary alicyclic amines) is 2. The Morgan fingerprint density at radius 1 is 0.689 bits per heavy atom. The number of amides is 5. The number of aliphatic carboxylic acids is 4. The lowest BCUT2D eigenvalue weighted by molar-refractivity contribution is -0.151. The summed E-state index contributed by atoms with van der Waals surface area (Å²) in [6.45, 7) is 1.35. The summed E-state index contributed by atoms with van der Waals surface area (Å²) in [4.78, 5) is 113. The van der Waals surface area contributed by atoms with Crippen LogP contribution in [0.25, 0.3) is 0 Å². The Morgan fingerprint density at radius 2 is 1.18 bits per heavy atom. The lowest BCUT2D eigenvalue weighted by Crippen LogP contribution is -2.59. The third-order valence-electron chi connectivity index (χ3n) is 7.34. The van der Waals surface area contributed by atoms with Crippen LogP contribution in [-0.2, 0) is 43.2 Å². The highest BCUT2D eigenvalue weighted by atomic mass is 16.4. The maximum absolute atomic E-state index is 13.3. The second-order valence-electron chi connectivity index (χ2n) is 10.8. The first kappa shape index (κ1) is 36.4. The molecule has 2 saturated heterocycles. The van der Waals surface area contributed by atoms with Crippen molar-refractivity contribution in [3.05, 3.63) is 0 Å². The minimum Gasteiger partial charge on any atom is -0.481 e. The maximum atomic E-state index is 13.3. The molecule has 2 aliphatic rings. The van der Waals surface area contributed by atoms with Crippen LogP contribution in [0.5, 0.6) is 0 Å². The molecule has 2 heterocycles. The zero-order chi connectivity index (χ0) is 34.0. The van der Waals surface area contributed by atoms with Gasteiger partial charge in [0, 0.05) is 19.5 Å². The Kier molecular flexibility index (Phi) is 13.2. The van der Waals surface area contributed by atoms with E-state index in [1.165, 1.54) is 6.92 Å².